The number of hydrogen-bond donors (Lipinski definition) is 3. The molecule has 0 aliphatic carbocycles. The number of primary amides is 1. The first-order valence-corrected chi connectivity index (χ1v) is 11.8. The Bertz CT molecular complexity index is 1250. The van der Waals surface area contributed by atoms with Gasteiger partial charge in [0.25, 0.3) is 5.91 Å². The first-order chi connectivity index (χ1) is 17.3. The molecule has 2 atom stereocenters. The van der Waals surface area contributed by atoms with E-state index in [4.69, 9.17) is 22.1 Å². The quantitative estimate of drug-likeness (QED) is 0.426. The number of ether oxygens (including phenoxy) is 1. The van der Waals surface area contributed by atoms with Gasteiger partial charge in [-0.25, -0.2) is 13.9 Å². The molecule has 0 spiro atoms. The molecule has 4 rings (SSSR count). The summed E-state index contributed by atoms with van der Waals surface area (Å²) in [5.74, 6) is -1.23. The van der Waals surface area contributed by atoms with Crippen LogP contribution in [-0.4, -0.2) is 66.0 Å². The Labute approximate surface area is 213 Å². The van der Waals surface area contributed by atoms with Crippen LogP contribution in [-0.2, 0) is 4.74 Å². The van der Waals surface area contributed by atoms with Crippen molar-refractivity contribution >= 4 is 29.4 Å². The maximum absolute atomic E-state index is 14.2. The Kier molecular flexibility index (Phi) is 7.88. The summed E-state index contributed by atoms with van der Waals surface area (Å²) in [7, 11) is 1.62. The van der Waals surface area contributed by atoms with Crippen molar-refractivity contribution in [2.24, 2.45) is 5.73 Å². The van der Waals surface area contributed by atoms with Crippen LogP contribution in [0.2, 0.25) is 5.02 Å². The topological polar surface area (TPSA) is 115 Å². The summed E-state index contributed by atoms with van der Waals surface area (Å²) in [6.07, 6.45) is 0. The lowest BCUT2D eigenvalue weighted by Gasteiger charge is -2.21. The number of amides is 3. The second kappa shape index (κ2) is 11.1. The summed E-state index contributed by atoms with van der Waals surface area (Å²) in [5, 5.41) is 10.2. The van der Waals surface area contributed by atoms with Gasteiger partial charge in [-0.05, 0) is 36.8 Å². The van der Waals surface area contributed by atoms with E-state index in [1.807, 2.05) is 18.2 Å². The summed E-state index contributed by atoms with van der Waals surface area (Å²) in [6, 6.07) is 12.9. The average Bonchev–Trinajstić information content (AvgIpc) is 3.40. The monoisotopic (exact) mass is 514 g/mol. The lowest BCUT2D eigenvalue weighted by Crippen LogP contribution is -2.43. The van der Waals surface area contributed by atoms with Crippen LogP contribution in [0.1, 0.15) is 27.5 Å². The summed E-state index contributed by atoms with van der Waals surface area (Å²) >= 11 is 5.88. The van der Waals surface area contributed by atoms with Crippen molar-refractivity contribution in [3.05, 3.63) is 76.2 Å². The minimum absolute atomic E-state index is 0.0405. The summed E-state index contributed by atoms with van der Waals surface area (Å²) in [6.45, 7) is 3.97. The van der Waals surface area contributed by atoms with Crippen LogP contribution in [0, 0.1) is 12.7 Å². The van der Waals surface area contributed by atoms with E-state index in [0.29, 0.717) is 37.6 Å². The Hall–Kier alpha value is -3.47. The lowest BCUT2D eigenvalue weighted by molar-refractivity contribution is 0.100. The minimum atomic E-state index is -0.703. The molecule has 2 aromatic carbocycles. The van der Waals surface area contributed by atoms with Crippen molar-refractivity contribution in [3.63, 3.8) is 0 Å². The Morgan fingerprint density at radius 2 is 1.97 bits per heavy atom. The van der Waals surface area contributed by atoms with Crippen molar-refractivity contribution < 1.29 is 18.7 Å². The van der Waals surface area contributed by atoms with Gasteiger partial charge in [0.15, 0.2) is 5.82 Å². The summed E-state index contributed by atoms with van der Waals surface area (Å²) in [4.78, 5) is 27.5. The normalized spacial score (nSPS) is 17.8. The van der Waals surface area contributed by atoms with Crippen LogP contribution >= 0.6 is 11.6 Å². The zero-order valence-electron chi connectivity index (χ0n) is 20.0. The Morgan fingerprint density at radius 3 is 2.64 bits per heavy atom. The fraction of sp³-hybridized carbons (Fsp3) is 0.320. The molecule has 1 saturated heterocycles. The van der Waals surface area contributed by atoms with E-state index in [-0.39, 0.29) is 28.4 Å². The molecule has 0 unspecified atom stereocenters. The Balaban J connectivity index is 1.59. The molecule has 4 N–H and O–H groups in total. The van der Waals surface area contributed by atoms with Crippen LogP contribution in [0.5, 0.6) is 0 Å². The molecule has 3 amide bonds. The number of anilines is 1. The lowest BCUT2D eigenvalue weighted by atomic mass is 9.94. The SMILES string of the molecule is COCCN1C[C@H](NC(=O)Nc2c(C(N)=O)c(C)nn2-c2ccccc2)[C@@H](c2ccc(Cl)c(F)c2)C1. The highest BCUT2D eigenvalue weighted by Gasteiger charge is 2.35. The number of rotatable bonds is 8. The second-order valence-electron chi connectivity index (χ2n) is 8.66. The standard InChI is InChI=1S/C25H28ClFN6O3/c1-15-22(23(28)34)24(33(31-15)17-6-4-3-5-7-17)30-25(35)29-21-14-32(10-11-36-2)13-18(21)16-8-9-19(26)20(27)12-16/h3-9,12,18,21H,10-11,13-14H2,1-2H3,(H2,28,34)(H2,29,30,35)/t18-,21+/m1/s1. The number of nitrogens with zero attached hydrogens (tertiary/aromatic N) is 3. The third-order valence-electron chi connectivity index (χ3n) is 6.23. The molecule has 0 radical (unpaired) electrons. The van der Waals surface area contributed by atoms with Crippen LogP contribution in [0.3, 0.4) is 0 Å². The highest BCUT2D eigenvalue weighted by molar-refractivity contribution is 6.30. The van der Waals surface area contributed by atoms with Crippen LogP contribution in [0.4, 0.5) is 15.0 Å². The number of methoxy groups -OCH3 is 1. The fourth-order valence-corrected chi connectivity index (χ4v) is 4.64. The number of benzene rings is 2. The number of hydrogen-bond acceptors (Lipinski definition) is 5. The largest absolute Gasteiger partial charge is 0.383 e. The van der Waals surface area contributed by atoms with E-state index in [1.54, 1.807) is 32.2 Å². The van der Waals surface area contributed by atoms with Gasteiger partial charge in [-0.3, -0.25) is 15.0 Å². The van der Waals surface area contributed by atoms with E-state index in [1.165, 1.54) is 16.8 Å². The van der Waals surface area contributed by atoms with E-state index in [0.717, 1.165) is 5.56 Å². The zero-order chi connectivity index (χ0) is 25.8. The molecule has 3 aromatic rings. The molecule has 0 saturated carbocycles. The average molecular weight is 515 g/mol. The van der Waals surface area contributed by atoms with E-state index in [2.05, 4.69) is 20.6 Å². The third-order valence-corrected chi connectivity index (χ3v) is 6.54. The number of likely N-dealkylation sites (tertiary alicyclic amines) is 1. The summed E-state index contributed by atoms with van der Waals surface area (Å²) < 4.78 is 20.9. The predicted octanol–water partition coefficient (Wildman–Crippen LogP) is 3.31. The van der Waals surface area contributed by atoms with Crippen molar-refractivity contribution in [2.45, 2.75) is 18.9 Å². The number of nitrogens with two attached hydrogens (primary N) is 1. The van der Waals surface area contributed by atoms with Gasteiger partial charge in [-0.15, -0.1) is 0 Å². The van der Waals surface area contributed by atoms with Gasteiger partial charge in [-0.2, -0.15) is 5.10 Å². The van der Waals surface area contributed by atoms with Gasteiger partial charge < -0.3 is 15.8 Å². The first-order valence-electron chi connectivity index (χ1n) is 11.5. The van der Waals surface area contributed by atoms with E-state index >= 15 is 0 Å². The van der Waals surface area contributed by atoms with Gasteiger partial charge in [0.05, 0.1) is 29.1 Å². The second-order valence-corrected chi connectivity index (χ2v) is 9.07. The van der Waals surface area contributed by atoms with Gasteiger partial charge >= 0.3 is 6.03 Å². The number of aromatic nitrogens is 2. The van der Waals surface area contributed by atoms with Gasteiger partial charge in [0, 0.05) is 32.7 Å². The molecule has 36 heavy (non-hydrogen) atoms. The smallest absolute Gasteiger partial charge is 0.320 e. The van der Waals surface area contributed by atoms with Crippen molar-refractivity contribution in [1.29, 1.82) is 0 Å². The maximum Gasteiger partial charge on any atom is 0.320 e. The number of halogens is 2. The molecule has 0 bridgehead atoms. The highest BCUT2D eigenvalue weighted by Crippen LogP contribution is 2.30. The molecule has 9 nitrogen and oxygen atoms in total. The molecule has 190 valence electrons. The molecule has 2 heterocycles. The molecule has 1 fully saturated rings. The molecule has 11 heteroatoms. The van der Waals surface area contributed by atoms with E-state index in [9.17, 15) is 14.0 Å². The number of nitrogens with one attached hydrogen (secondary N) is 2. The van der Waals surface area contributed by atoms with Crippen molar-refractivity contribution in [3.8, 4) is 5.69 Å². The van der Waals surface area contributed by atoms with Crippen LogP contribution < -0.4 is 16.4 Å². The number of carbonyl (C=O) groups is 2. The minimum Gasteiger partial charge on any atom is -0.383 e. The maximum atomic E-state index is 14.2. The number of urea groups is 1. The van der Waals surface area contributed by atoms with Crippen LogP contribution in [0.15, 0.2) is 48.5 Å². The number of para-hydroxylation sites is 1. The van der Waals surface area contributed by atoms with E-state index < -0.39 is 17.8 Å². The van der Waals surface area contributed by atoms with Gasteiger partial charge in [0.2, 0.25) is 0 Å². The summed E-state index contributed by atoms with van der Waals surface area (Å²) in [5.41, 5.74) is 7.51. The zero-order valence-corrected chi connectivity index (χ0v) is 20.8. The molecule has 1 aliphatic rings. The van der Waals surface area contributed by atoms with Crippen LogP contribution in [0.25, 0.3) is 5.69 Å². The molecule has 1 aromatic heterocycles. The molecular formula is C25H28ClFN6O3. The molecule has 1 aliphatic heterocycles. The third kappa shape index (κ3) is 5.51. The first kappa shape index (κ1) is 25.6. The van der Waals surface area contributed by atoms with Crippen molar-refractivity contribution in [1.82, 2.24) is 20.0 Å². The predicted molar refractivity (Wildman–Crippen MR) is 135 cm³/mol. The number of carbonyl (C=O) groups excluding carboxylic acids is 2. The van der Waals surface area contributed by atoms with Crippen molar-refractivity contribution in [2.75, 3.05) is 38.7 Å². The molecular weight excluding hydrogens is 487 g/mol. The van der Waals surface area contributed by atoms with Gasteiger partial charge in [0.1, 0.15) is 11.4 Å². The fourth-order valence-electron chi connectivity index (χ4n) is 4.52. The Morgan fingerprint density at radius 1 is 1.22 bits per heavy atom. The highest BCUT2D eigenvalue weighted by atomic mass is 35.5. The van der Waals surface area contributed by atoms with Gasteiger partial charge in [-0.1, -0.05) is 35.9 Å². The number of aryl methyl sites for hydroxylation is 1.